The molecular weight excluding hydrogens is 292 g/mol. The molecule has 3 N–H and O–H groups in total. The second-order valence-electron chi connectivity index (χ2n) is 6.73. The number of rotatable bonds is 5. The van der Waals surface area contributed by atoms with E-state index in [0.717, 1.165) is 19.3 Å². The third-order valence-electron chi connectivity index (χ3n) is 4.21. The highest BCUT2D eigenvalue weighted by Crippen LogP contribution is 2.31. The number of hydrogen-bond donors (Lipinski definition) is 3. The molecule has 2 rings (SSSR count). The van der Waals surface area contributed by atoms with Crippen LogP contribution in [0, 0.1) is 5.92 Å². The van der Waals surface area contributed by atoms with Gasteiger partial charge in [0.15, 0.2) is 0 Å². The fourth-order valence-corrected chi connectivity index (χ4v) is 2.85. The number of benzene rings is 1. The van der Waals surface area contributed by atoms with E-state index < -0.39 is 5.60 Å². The Kier molecular flexibility index (Phi) is 5.77. The normalized spacial score (nSPS) is 16.9. The van der Waals surface area contributed by atoms with E-state index in [2.05, 4.69) is 10.6 Å². The van der Waals surface area contributed by atoms with Gasteiger partial charge in [-0.15, -0.1) is 0 Å². The molecule has 0 bridgehead atoms. The van der Waals surface area contributed by atoms with Crippen molar-refractivity contribution >= 4 is 23.2 Å². The van der Waals surface area contributed by atoms with E-state index in [-0.39, 0.29) is 24.2 Å². The van der Waals surface area contributed by atoms with Gasteiger partial charge in [0.05, 0.1) is 12.0 Å². The van der Waals surface area contributed by atoms with Gasteiger partial charge in [-0.1, -0.05) is 39.2 Å². The highest BCUT2D eigenvalue weighted by atomic mass is 16.3. The lowest BCUT2D eigenvalue weighted by molar-refractivity contribution is -0.122. The van der Waals surface area contributed by atoms with Crippen molar-refractivity contribution in [2.75, 3.05) is 10.6 Å². The SMILES string of the molecule is CC(C)C(=O)Nc1cccc(NC(=O)CC2(O)CCCCC2)c1. The minimum Gasteiger partial charge on any atom is -0.389 e. The average molecular weight is 318 g/mol. The van der Waals surface area contributed by atoms with E-state index in [1.165, 1.54) is 0 Å². The molecule has 1 aliphatic rings. The summed E-state index contributed by atoms with van der Waals surface area (Å²) in [7, 11) is 0. The van der Waals surface area contributed by atoms with Crippen molar-refractivity contribution in [3.63, 3.8) is 0 Å². The first kappa shape index (κ1) is 17.5. The molecule has 0 heterocycles. The van der Waals surface area contributed by atoms with Gasteiger partial charge < -0.3 is 15.7 Å². The Morgan fingerprint density at radius 3 is 2.35 bits per heavy atom. The number of hydrogen-bond acceptors (Lipinski definition) is 3. The molecule has 126 valence electrons. The van der Waals surface area contributed by atoms with E-state index in [0.29, 0.717) is 24.2 Å². The van der Waals surface area contributed by atoms with Gasteiger partial charge in [0, 0.05) is 17.3 Å². The van der Waals surface area contributed by atoms with Crippen molar-refractivity contribution in [1.82, 2.24) is 0 Å². The van der Waals surface area contributed by atoms with Crippen molar-refractivity contribution in [3.8, 4) is 0 Å². The number of carbonyl (C=O) groups is 2. The molecule has 0 atom stereocenters. The summed E-state index contributed by atoms with van der Waals surface area (Å²) in [6.07, 6.45) is 4.56. The number of carbonyl (C=O) groups excluding carboxylic acids is 2. The van der Waals surface area contributed by atoms with Crippen LogP contribution < -0.4 is 10.6 Å². The van der Waals surface area contributed by atoms with E-state index in [9.17, 15) is 14.7 Å². The molecule has 2 amide bonds. The Hall–Kier alpha value is -1.88. The van der Waals surface area contributed by atoms with Crippen LogP contribution in [0.2, 0.25) is 0 Å². The maximum atomic E-state index is 12.2. The summed E-state index contributed by atoms with van der Waals surface area (Å²) in [4.78, 5) is 23.9. The third kappa shape index (κ3) is 5.36. The summed E-state index contributed by atoms with van der Waals surface area (Å²) in [5, 5.41) is 16.0. The van der Waals surface area contributed by atoms with Crippen molar-refractivity contribution < 1.29 is 14.7 Å². The lowest BCUT2D eigenvalue weighted by Gasteiger charge is -2.31. The summed E-state index contributed by atoms with van der Waals surface area (Å²) >= 11 is 0. The predicted octanol–water partition coefficient (Wildman–Crippen LogP) is 3.30. The monoisotopic (exact) mass is 318 g/mol. The molecule has 1 fully saturated rings. The topological polar surface area (TPSA) is 78.4 Å². The van der Waals surface area contributed by atoms with E-state index in [1.54, 1.807) is 24.3 Å². The Bertz CT molecular complexity index is 563. The quantitative estimate of drug-likeness (QED) is 0.779. The highest BCUT2D eigenvalue weighted by molar-refractivity contribution is 5.95. The molecule has 1 saturated carbocycles. The number of aliphatic hydroxyl groups is 1. The first-order valence-electron chi connectivity index (χ1n) is 8.31. The van der Waals surface area contributed by atoms with Gasteiger partial charge in [0.25, 0.3) is 0 Å². The molecule has 0 aliphatic heterocycles. The number of nitrogens with one attached hydrogen (secondary N) is 2. The van der Waals surface area contributed by atoms with E-state index >= 15 is 0 Å². The summed E-state index contributed by atoms with van der Waals surface area (Å²) < 4.78 is 0. The van der Waals surface area contributed by atoms with E-state index in [4.69, 9.17) is 0 Å². The maximum absolute atomic E-state index is 12.2. The van der Waals surface area contributed by atoms with Crippen LogP contribution in [0.3, 0.4) is 0 Å². The molecule has 0 unspecified atom stereocenters. The Morgan fingerprint density at radius 1 is 1.13 bits per heavy atom. The molecule has 1 aliphatic carbocycles. The largest absolute Gasteiger partial charge is 0.389 e. The van der Waals surface area contributed by atoms with Gasteiger partial charge in [-0.2, -0.15) is 0 Å². The Balaban J connectivity index is 1.94. The molecule has 5 heteroatoms. The van der Waals surface area contributed by atoms with Crippen LogP contribution in [0.1, 0.15) is 52.4 Å². The standard InChI is InChI=1S/C18H26N2O3/c1-13(2)17(22)20-15-8-6-7-14(11-15)19-16(21)12-18(23)9-4-3-5-10-18/h6-8,11,13,23H,3-5,9-10,12H2,1-2H3,(H,19,21)(H,20,22). The van der Waals surface area contributed by atoms with Gasteiger partial charge >= 0.3 is 0 Å². The van der Waals surface area contributed by atoms with Gasteiger partial charge in [0.1, 0.15) is 0 Å². The molecule has 5 nitrogen and oxygen atoms in total. The van der Waals surface area contributed by atoms with Gasteiger partial charge in [-0.25, -0.2) is 0 Å². The smallest absolute Gasteiger partial charge is 0.227 e. The molecule has 0 aromatic heterocycles. The fourth-order valence-electron chi connectivity index (χ4n) is 2.85. The van der Waals surface area contributed by atoms with Crippen LogP contribution in [0.15, 0.2) is 24.3 Å². The summed E-state index contributed by atoms with van der Waals surface area (Å²) in [5.41, 5.74) is 0.403. The van der Waals surface area contributed by atoms with Gasteiger partial charge in [0.2, 0.25) is 11.8 Å². The zero-order chi connectivity index (χ0) is 16.9. The fraction of sp³-hybridized carbons (Fsp3) is 0.556. The molecule has 1 aromatic carbocycles. The van der Waals surface area contributed by atoms with Crippen molar-refractivity contribution in [2.24, 2.45) is 5.92 Å². The van der Waals surface area contributed by atoms with Crippen molar-refractivity contribution in [2.45, 2.75) is 58.0 Å². The van der Waals surface area contributed by atoms with Crippen LogP contribution in [0.4, 0.5) is 11.4 Å². The first-order valence-corrected chi connectivity index (χ1v) is 8.31. The second-order valence-corrected chi connectivity index (χ2v) is 6.73. The number of amides is 2. The highest BCUT2D eigenvalue weighted by Gasteiger charge is 2.31. The lowest BCUT2D eigenvalue weighted by atomic mass is 9.82. The summed E-state index contributed by atoms with van der Waals surface area (Å²) in [5.74, 6) is -0.361. The summed E-state index contributed by atoms with van der Waals surface area (Å²) in [6, 6.07) is 7.06. The third-order valence-corrected chi connectivity index (χ3v) is 4.21. The van der Waals surface area contributed by atoms with Crippen LogP contribution in [-0.2, 0) is 9.59 Å². The predicted molar refractivity (Wildman–Crippen MR) is 91.2 cm³/mol. The second kappa shape index (κ2) is 7.59. The average Bonchev–Trinajstić information content (AvgIpc) is 2.47. The zero-order valence-electron chi connectivity index (χ0n) is 13.9. The minimum atomic E-state index is -0.869. The Labute approximate surface area is 137 Å². The van der Waals surface area contributed by atoms with Crippen molar-refractivity contribution in [3.05, 3.63) is 24.3 Å². The van der Waals surface area contributed by atoms with Crippen molar-refractivity contribution in [1.29, 1.82) is 0 Å². The van der Waals surface area contributed by atoms with Gasteiger partial charge in [-0.05, 0) is 31.0 Å². The first-order chi connectivity index (χ1) is 10.9. The minimum absolute atomic E-state index is 0.0648. The molecule has 0 saturated heterocycles. The van der Waals surface area contributed by atoms with Crippen LogP contribution in [-0.4, -0.2) is 22.5 Å². The molecule has 1 aromatic rings. The molecular formula is C18H26N2O3. The van der Waals surface area contributed by atoms with Crippen LogP contribution in [0.5, 0.6) is 0 Å². The van der Waals surface area contributed by atoms with Crippen LogP contribution in [0.25, 0.3) is 0 Å². The maximum Gasteiger partial charge on any atom is 0.227 e. The molecule has 0 spiro atoms. The van der Waals surface area contributed by atoms with Gasteiger partial charge in [-0.3, -0.25) is 9.59 Å². The molecule has 23 heavy (non-hydrogen) atoms. The molecule has 0 radical (unpaired) electrons. The lowest BCUT2D eigenvalue weighted by Crippen LogP contribution is -2.35. The summed E-state index contributed by atoms with van der Waals surface area (Å²) in [6.45, 7) is 3.65. The van der Waals surface area contributed by atoms with Crippen LogP contribution >= 0.6 is 0 Å². The number of anilines is 2. The van der Waals surface area contributed by atoms with E-state index in [1.807, 2.05) is 13.8 Å². The Morgan fingerprint density at radius 2 is 1.74 bits per heavy atom. The zero-order valence-corrected chi connectivity index (χ0v) is 13.9.